The number of carboxylic acids is 1. The van der Waals surface area contributed by atoms with Gasteiger partial charge in [0.25, 0.3) is 5.91 Å². The summed E-state index contributed by atoms with van der Waals surface area (Å²) in [5.41, 5.74) is 1.56. The third-order valence-corrected chi connectivity index (χ3v) is 5.36. The molecule has 0 aromatic heterocycles. The van der Waals surface area contributed by atoms with Crippen LogP contribution in [0, 0.1) is 0 Å². The zero-order chi connectivity index (χ0) is 25.2. The van der Waals surface area contributed by atoms with Crippen LogP contribution in [0.1, 0.15) is 26.3 Å². The number of aliphatic carboxylic acids is 1. The number of likely N-dealkylation sites (N-methyl/N-ethyl adjacent to an activating group) is 1. The van der Waals surface area contributed by atoms with Gasteiger partial charge in [-0.1, -0.05) is 30.3 Å². The minimum Gasteiger partial charge on any atom is -0.481 e. The molecule has 3 aromatic carbocycles. The lowest BCUT2D eigenvalue weighted by Crippen LogP contribution is -2.40. The van der Waals surface area contributed by atoms with Gasteiger partial charge < -0.3 is 24.2 Å². The predicted molar refractivity (Wildman–Crippen MR) is 134 cm³/mol. The number of hydrogen-bond acceptors (Lipinski definition) is 5. The molecular formula is C28H31NO6. The Hall–Kier alpha value is -3.84. The second-order valence-electron chi connectivity index (χ2n) is 7.88. The Morgan fingerprint density at radius 1 is 0.857 bits per heavy atom. The molecule has 0 aliphatic rings. The lowest BCUT2D eigenvalue weighted by Gasteiger charge is -2.25. The number of anilines is 1. The fourth-order valence-electron chi connectivity index (χ4n) is 3.60. The van der Waals surface area contributed by atoms with E-state index < -0.39 is 18.2 Å². The highest BCUT2D eigenvalue weighted by Gasteiger charge is 2.23. The molecule has 0 heterocycles. The standard InChI is InChI=1S/C28H31NO6/c1-4-29(22-13-17-25(18-14-22)35-23-9-7-6-8-10-23)27(30)20(3)34-24-15-11-21(12-16-24)19-26(28(31)32)33-5-2/h6-18,20,26H,4-5,19H2,1-3H3,(H,31,32). The Morgan fingerprint density at radius 2 is 1.46 bits per heavy atom. The van der Waals surface area contributed by atoms with Crippen molar-refractivity contribution in [3.63, 3.8) is 0 Å². The largest absolute Gasteiger partial charge is 0.481 e. The van der Waals surface area contributed by atoms with Crippen LogP contribution >= 0.6 is 0 Å². The number of carbonyl (C=O) groups excluding carboxylic acids is 1. The summed E-state index contributed by atoms with van der Waals surface area (Å²) < 4.78 is 17.0. The maximum Gasteiger partial charge on any atom is 0.333 e. The number of benzene rings is 3. The van der Waals surface area contributed by atoms with Crippen molar-refractivity contribution in [2.24, 2.45) is 0 Å². The van der Waals surface area contributed by atoms with Crippen molar-refractivity contribution >= 4 is 17.6 Å². The van der Waals surface area contributed by atoms with Gasteiger partial charge >= 0.3 is 5.97 Å². The lowest BCUT2D eigenvalue weighted by molar-refractivity contribution is -0.150. The topological polar surface area (TPSA) is 85.3 Å². The van der Waals surface area contributed by atoms with Gasteiger partial charge in [0.1, 0.15) is 17.2 Å². The van der Waals surface area contributed by atoms with E-state index in [1.807, 2.05) is 61.5 Å². The number of hydrogen-bond donors (Lipinski definition) is 1. The molecule has 0 spiro atoms. The molecule has 1 amide bonds. The fraction of sp³-hybridized carbons (Fsp3) is 0.286. The predicted octanol–water partition coefficient (Wildman–Crippen LogP) is 5.33. The van der Waals surface area contributed by atoms with Crippen molar-refractivity contribution in [2.45, 2.75) is 39.4 Å². The Kier molecular flexibility index (Phi) is 9.26. The minimum absolute atomic E-state index is 0.171. The van der Waals surface area contributed by atoms with Crippen molar-refractivity contribution in [1.29, 1.82) is 0 Å². The monoisotopic (exact) mass is 477 g/mol. The third kappa shape index (κ3) is 7.32. The van der Waals surface area contributed by atoms with Crippen molar-refractivity contribution in [2.75, 3.05) is 18.1 Å². The molecule has 2 atom stereocenters. The van der Waals surface area contributed by atoms with Crippen LogP contribution in [0.4, 0.5) is 5.69 Å². The molecule has 1 N–H and O–H groups in total. The van der Waals surface area contributed by atoms with Gasteiger partial charge in [0.15, 0.2) is 12.2 Å². The van der Waals surface area contributed by atoms with Crippen LogP contribution < -0.4 is 14.4 Å². The van der Waals surface area contributed by atoms with Crippen LogP contribution in [0.15, 0.2) is 78.9 Å². The average molecular weight is 478 g/mol. The molecule has 3 aromatic rings. The van der Waals surface area contributed by atoms with Crippen molar-refractivity contribution in [1.82, 2.24) is 0 Å². The maximum atomic E-state index is 13.1. The van der Waals surface area contributed by atoms with Gasteiger partial charge in [0.2, 0.25) is 0 Å². The Bertz CT molecular complexity index is 1080. The summed E-state index contributed by atoms with van der Waals surface area (Å²) in [5, 5.41) is 9.25. The fourth-order valence-corrected chi connectivity index (χ4v) is 3.60. The number of para-hydroxylation sites is 1. The third-order valence-electron chi connectivity index (χ3n) is 5.36. The number of ether oxygens (including phenoxy) is 3. The maximum absolute atomic E-state index is 13.1. The van der Waals surface area contributed by atoms with E-state index in [9.17, 15) is 14.7 Å². The van der Waals surface area contributed by atoms with E-state index in [0.29, 0.717) is 24.7 Å². The molecule has 3 rings (SSSR count). The van der Waals surface area contributed by atoms with Gasteiger partial charge in [-0.15, -0.1) is 0 Å². The van der Waals surface area contributed by atoms with Crippen molar-refractivity contribution in [3.05, 3.63) is 84.4 Å². The normalized spacial score (nSPS) is 12.4. The van der Waals surface area contributed by atoms with Crippen LogP contribution in [-0.2, 0) is 20.7 Å². The first kappa shape index (κ1) is 25.8. The molecule has 0 saturated heterocycles. The molecular weight excluding hydrogens is 446 g/mol. The number of carbonyl (C=O) groups is 2. The molecule has 35 heavy (non-hydrogen) atoms. The molecule has 184 valence electrons. The minimum atomic E-state index is -0.995. The Morgan fingerprint density at radius 3 is 2.03 bits per heavy atom. The quantitative estimate of drug-likeness (QED) is 0.379. The molecule has 2 unspecified atom stereocenters. The SMILES string of the molecule is CCOC(Cc1ccc(OC(C)C(=O)N(CC)c2ccc(Oc3ccccc3)cc2)cc1)C(=O)O. The van der Waals surface area contributed by atoms with E-state index in [1.54, 1.807) is 43.0 Å². The summed E-state index contributed by atoms with van der Waals surface area (Å²) in [6, 6.07) is 23.9. The second kappa shape index (κ2) is 12.6. The van der Waals surface area contributed by atoms with Crippen LogP contribution in [0.25, 0.3) is 0 Å². The van der Waals surface area contributed by atoms with E-state index in [2.05, 4.69) is 0 Å². The summed E-state index contributed by atoms with van der Waals surface area (Å²) in [6.07, 6.45) is -1.35. The van der Waals surface area contributed by atoms with Crippen molar-refractivity contribution < 1.29 is 28.9 Å². The summed E-state index contributed by atoms with van der Waals surface area (Å²) in [7, 11) is 0. The van der Waals surface area contributed by atoms with E-state index in [4.69, 9.17) is 14.2 Å². The second-order valence-corrected chi connectivity index (χ2v) is 7.88. The van der Waals surface area contributed by atoms with Gasteiger partial charge in [-0.05, 0) is 74.9 Å². The van der Waals surface area contributed by atoms with Crippen LogP contribution in [0.3, 0.4) is 0 Å². The molecule has 0 saturated carbocycles. The molecule has 0 aliphatic heterocycles. The summed E-state index contributed by atoms with van der Waals surface area (Å²) >= 11 is 0. The van der Waals surface area contributed by atoms with Crippen LogP contribution in [0.5, 0.6) is 17.2 Å². The molecule has 0 fully saturated rings. The van der Waals surface area contributed by atoms with E-state index in [1.165, 1.54) is 0 Å². The summed E-state index contributed by atoms with van der Waals surface area (Å²) in [6.45, 7) is 6.19. The first-order valence-electron chi connectivity index (χ1n) is 11.7. The van der Waals surface area contributed by atoms with E-state index >= 15 is 0 Å². The molecule has 0 radical (unpaired) electrons. The van der Waals surface area contributed by atoms with Gasteiger partial charge in [-0.25, -0.2) is 4.79 Å². The number of amides is 1. The first-order valence-corrected chi connectivity index (χ1v) is 11.7. The molecule has 7 nitrogen and oxygen atoms in total. The van der Waals surface area contributed by atoms with E-state index in [0.717, 1.165) is 17.0 Å². The average Bonchev–Trinajstić information content (AvgIpc) is 2.86. The molecule has 0 aliphatic carbocycles. The Balaban J connectivity index is 1.60. The van der Waals surface area contributed by atoms with Gasteiger partial charge in [-0.3, -0.25) is 4.79 Å². The molecule has 0 bridgehead atoms. The highest BCUT2D eigenvalue weighted by Crippen LogP contribution is 2.25. The van der Waals surface area contributed by atoms with Crippen molar-refractivity contribution in [3.8, 4) is 17.2 Å². The van der Waals surface area contributed by atoms with E-state index in [-0.39, 0.29) is 12.3 Å². The van der Waals surface area contributed by atoms with Gasteiger partial charge in [0, 0.05) is 25.3 Å². The first-order chi connectivity index (χ1) is 16.9. The Labute approximate surface area is 205 Å². The summed E-state index contributed by atoms with van der Waals surface area (Å²) in [5.74, 6) is 0.789. The number of nitrogens with zero attached hydrogens (tertiary/aromatic N) is 1. The lowest BCUT2D eigenvalue weighted by atomic mass is 10.1. The number of rotatable bonds is 12. The highest BCUT2D eigenvalue weighted by atomic mass is 16.5. The van der Waals surface area contributed by atoms with Gasteiger partial charge in [0.05, 0.1) is 0 Å². The van der Waals surface area contributed by atoms with Crippen LogP contribution in [0.2, 0.25) is 0 Å². The molecule has 7 heteroatoms. The van der Waals surface area contributed by atoms with Gasteiger partial charge in [-0.2, -0.15) is 0 Å². The smallest absolute Gasteiger partial charge is 0.333 e. The number of carboxylic acid groups (broad SMARTS) is 1. The van der Waals surface area contributed by atoms with Crippen LogP contribution in [-0.4, -0.2) is 42.3 Å². The zero-order valence-electron chi connectivity index (χ0n) is 20.2. The zero-order valence-corrected chi connectivity index (χ0v) is 20.2. The highest BCUT2D eigenvalue weighted by molar-refractivity contribution is 5.96. The summed E-state index contributed by atoms with van der Waals surface area (Å²) in [4.78, 5) is 26.1.